The first kappa shape index (κ1) is 12.4. The molecule has 0 saturated heterocycles. The summed E-state index contributed by atoms with van der Waals surface area (Å²) in [5, 5.41) is 0. The zero-order valence-corrected chi connectivity index (χ0v) is 8.99. The maximum atomic E-state index is 4.81. The SMILES string of the molecule is CCCCP.[Cl][Pd][Cl]. The fourth-order valence-electron chi connectivity index (χ4n) is 0.204. The number of hydrogen-bond acceptors (Lipinski definition) is 0. The fraction of sp³-hybridized carbons (Fsp3) is 1.00. The van der Waals surface area contributed by atoms with Crippen molar-refractivity contribution in [1.82, 2.24) is 0 Å². The third kappa shape index (κ3) is 25.3. The number of halogens is 2. The van der Waals surface area contributed by atoms with Crippen molar-refractivity contribution in [1.29, 1.82) is 0 Å². The summed E-state index contributed by atoms with van der Waals surface area (Å²) in [6, 6.07) is 0. The molecular weight excluding hydrogens is 256 g/mol. The van der Waals surface area contributed by atoms with Crippen molar-refractivity contribution in [2.24, 2.45) is 0 Å². The Morgan fingerprint density at radius 1 is 1.50 bits per heavy atom. The second kappa shape index (κ2) is 15.9. The molecule has 1 unspecified atom stereocenters. The van der Waals surface area contributed by atoms with Gasteiger partial charge in [0.2, 0.25) is 0 Å². The number of rotatable bonds is 2. The van der Waals surface area contributed by atoms with Gasteiger partial charge >= 0.3 is 35.0 Å². The monoisotopic (exact) mass is 266 g/mol. The van der Waals surface area contributed by atoms with E-state index in [0.717, 1.165) is 0 Å². The molecule has 4 heteroatoms. The quantitative estimate of drug-likeness (QED) is 0.533. The van der Waals surface area contributed by atoms with Gasteiger partial charge in [-0.05, 0) is 6.16 Å². The summed E-state index contributed by atoms with van der Waals surface area (Å²) in [6.07, 6.45) is 3.94. The van der Waals surface area contributed by atoms with E-state index >= 15 is 0 Å². The molecule has 8 heavy (non-hydrogen) atoms. The van der Waals surface area contributed by atoms with E-state index in [0.29, 0.717) is 0 Å². The van der Waals surface area contributed by atoms with E-state index in [-0.39, 0.29) is 15.9 Å². The normalized spacial score (nSPS) is 8.00. The van der Waals surface area contributed by atoms with E-state index in [9.17, 15) is 0 Å². The average molecular weight is 267 g/mol. The molecule has 0 aliphatic rings. The summed E-state index contributed by atoms with van der Waals surface area (Å²) < 4.78 is 0. The molecule has 0 N–H and O–H groups in total. The van der Waals surface area contributed by atoms with E-state index < -0.39 is 0 Å². The van der Waals surface area contributed by atoms with Gasteiger partial charge in [0, 0.05) is 0 Å². The third-order valence-corrected chi connectivity index (χ3v) is 0.966. The summed E-state index contributed by atoms with van der Waals surface area (Å²) in [4.78, 5) is 0. The molecule has 0 heterocycles. The number of hydrogen-bond donors (Lipinski definition) is 0. The van der Waals surface area contributed by atoms with E-state index in [4.69, 9.17) is 19.1 Å². The summed E-state index contributed by atoms with van der Waals surface area (Å²) in [5.41, 5.74) is 0. The van der Waals surface area contributed by atoms with Crippen LogP contribution in [-0.4, -0.2) is 6.16 Å². The van der Waals surface area contributed by atoms with Crippen LogP contribution in [0.15, 0.2) is 0 Å². The average Bonchev–Trinajstić information content (AvgIpc) is 1.71. The Balaban J connectivity index is 0. The van der Waals surface area contributed by atoms with Crippen molar-refractivity contribution in [3.8, 4) is 0 Å². The van der Waals surface area contributed by atoms with Gasteiger partial charge < -0.3 is 0 Å². The zero-order valence-electron chi connectivity index (χ0n) is 4.77. The van der Waals surface area contributed by atoms with Crippen molar-refractivity contribution in [3.05, 3.63) is 0 Å². The van der Waals surface area contributed by atoms with Crippen molar-refractivity contribution < 1.29 is 15.9 Å². The molecule has 0 spiro atoms. The van der Waals surface area contributed by atoms with Gasteiger partial charge in [-0.15, -0.1) is 9.24 Å². The Hall–Kier alpha value is 1.67. The van der Waals surface area contributed by atoms with Crippen LogP contribution in [0.2, 0.25) is 0 Å². The van der Waals surface area contributed by atoms with Crippen LogP contribution in [0.25, 0.3) is 0 Å². The summed E-state index contributed by atoms with van der Waals surface area (Å²) in [5.74, 6) is 0. The Morgan fingerprint density at radius 3 is 1.88 bits per heavy atom. The predicted molar refractivity (Wildman–Crippen MR) is 41.2 cm³/mol. The van der Waals surface area contributed by atoms with Gasteiger partial charge in [0.25, 0.3) is 0 Å². The molecule has 0 aliphatic carbocycles. The molecule has 0 aliphatic heterocycles. The van der Waals surface area contributed by atoms with E-state index in [2.05, 4.69) is 16.2 Å². The van der Waals surface area contributed by atoms with Gasteiger partial charge in [-0.25, -0.2) is 0 Å². The second-order valence-corrected chi connectivity index (χ2v) is 4.12. The third-order valence-electron chi connectivity index (χ3n) is 0.558. The molecule has 56 valence electrons. The molecule has 0 amide bonds. The van der Waals surface area contributed by atoms with Crippen LogP contribution in [0.4, 0.5) is 0 Å². The van der Waals surface area contributed by atoms with Gasteiger partial charge in [-0.1, -0.05) is 19.8 Å². The Labute approximate surface area is 70.0 Å². The van der Waals surface area contributed by atoms with Gasteiger partial charge in [-0.2, -0.15) is 0 Å². The first-order valence-electron chi connectivity index (χ1n) is 2.35. The van der Waals surface area contributed by atoms with Crippen molar-refractivity contribution >= 4 is 28.3 Å². The second-order valence-electron chi connectivity index (χ2n) is 1.19. The molecule has 0 saturated carbocycles. The zero-order chi connectivity index (χ0) is 6.83. The van der Waals surface area contributed by atoms with Crippen LogP contribution in [0.5, 0.6) is 0 Å². The standard InChI is InChI=1S/C4H11P.2ClH.Pd/c1-2-3-4-5;;;/h2-5H2,1H3;2*1H;/q;;;+2/p-2. The summed E-state index contributed by atoms with van der Waals surface area (Å²) in [7, 11) is 12.3. The number of unbranched alkanes of at least 4 members (excludes halogenated alkanes) is 1. The van der Waals surface area contributed by atoms with Crippen molar-refractivity contribution in [3.63, 3.8) is 0 Å². The topological polar surface area (TPSA) is 0 Å². The molecule has 0 aromatic heterocycles. The maximum absolute atomic E-state index is 4.81. The molecule has 0 aromatic rings. The van der Waals surface area contributed by atoms with Crippen molar-refractivity contribution in [2.75, 3.05) is 6.16 Å². The minimum atomic E-state index is -0.106. The van der Waals surface area contributed by atoms with Crippen LogP contribution < -0.4 is 0 Å². The molecule has 0 nitrogen and oxygen atoms in total. The summed E-state index contributed by atoms with van der Waals surface area (Å²) >= 11 is -0.106. The van der Waals surface area contributed by atoms with E-state index in [1.54, 1.807) is 0 Å². The molecule has 0 radical (unpaired) electrons. The van der Waals surface area contributed by atoms with Gasteiger partial charge in [0.05, 0.1) is 0 Å². The van der Waals surface area contributed by atoms with Gasteiger partial charge in [0.1, 0.15) is 0 Å². The molecule has 1 atom stereocenters. The van der Waals surface area contributed by atoms with Gasteiger partial charge in [0.15, 0.2) is 0 Å². The van der Waals surface area contributed by atoms with Gasteiger partial charge in [-0.3, -0.25) is 0 Å². The first-order valence-corrected chi connectivity index (χ1v) is 7.17. The van der Waals surface area contributed by atoms with E-state index in [1.807, 2.05) is 0 Å². The predicted octanol–water partition coefficient (Wildman–Crippen LogP) is 3.04. The van der Waals surface area contributed by atoms with Crippen molar-refractivity contribution in [2.45, 2.75) is 19.8 Å². The Kier molecular flexibility index (Phi) is 24.5. The van der Waals surface area contributed by atoms with E-state index in [1.165, 1.54) is 19.0 Å². The Morgan fingerprint density at radius 2 is 1.88 bits per heavy atom. The van der Waals surface area contributed by atoms with Crippen LogP contribution in [0.3, 0.4) is 0 Å². The van der Waals surface area contributed by atoms with Crippen LogP contribution in [-0.2, 0) is 15.9 Å². The molecular formula is C4H11Cl2PPd. The molecule has 0 rings (SSSR count). The summed E-state index contributed by atoms with van der Waals surface area (Å²) in [6.45, 7) is 2.20. The van der Waals surface area contributed by atoms with Crippen LogP contribution >= 0.6 is 28.3 Å². The minimum absolute atomic E-state index is 0.106. The first-order chi connectivity index (χ1) is 3.83. The fourth-order valence-corrected chi connectivity index (χ4v) is 0.612. The van der Waals surface area contributed by atoms with Crippen LogP contribution in [0, 0.1) is 0 Å². The molecule has 0 aromatic carbocycles. The van der Waals surface area contributed by atoms with Crippen LogP contribution in [0.1, 0.15) is 19.8 Å². The Bertz CT molecular complexity index is 28.0. The molecule has 0 fully saturated rings. The molecule has 0 bridgehead atoms.